The highest BCUT2D eigenvalue weighted by atomic mass is 32.1. The Kier molecular flexibility index (Phi) is 3.71. The summed E-state index contributed by atoms with van der Waals surface area (Å²) in [5.74, 6) is -0.111. The molecular formula is C13H14N2O3S. The molecule has 0 atom stereocenters. The summed E-state index contributed by atoms with van der Waals surface area (Å²) in [6, 6.07) is 6.16. The van der Waals surface area contributed by atoms with Crippen molar-refractivity contribution in [2.75, 3.05) is 5.32 Å². The summed E-state index contributed by atoms with van der Waals surface area (Å²) in [5, 5.41) is 23.2. The number of nitro benzene ring substituents is 1. The summed E-state index contributed by atoms with van der Waals surface area (Å²) >= 11 is 1.70. The summed E-state index contributed by atoms with van der Waals surface area (Å²) in [5.41, 5.74) is 1.42. The Morgan fingerprint density at radius 2 is 2.11 bits per heavy atom. The van der Waals surface area contributed by atoms with Gasteiger partial charge in [-0.15, -0.1) is 11.3 Å². The minimum atomic E-state index is -0.506. The average molecular weight is 278 g/mol. The fraction of sp³-hybridized carbons (Fsp3) is 0.231. The SMILES string of the molecule is Cc1cc(CNc2ccc(O)cc2[N+](=O)[O-])c(C)s1. The minimum Gasteiger partial charge on any atom is -0.508 e. The first-order valence-electron chi connectivity index (χ1n) is 5.74. The molecular weight excluding hydrogens is 264 g/mol. The predicted molar refractivity (Wildman–Crippen MR) is 75.9 cm³/mol. The van der Waals surface area contributed by atoms with E-state index >= 15 is 0 Å². The van der Waals surface area contributed by atoms with Crippen LogP contribution >= 0.6 is 11.3 Å². The van der Waals surface area contributed by atoms with Crippen LogP contribution < -0.4 is 5.32 Å². The van der Waals surface area contributed by atoms with Crippen molar-refractivity contribution < 1.29 is 10.0 Å². The smallest absolute Gasteiger partial charge is 0.296 e. The molecule has 0 radical (unpaired) electrons. The number of aryl methyl sites for hydroxylation is 2. The molecule has 2 N–H and O–H groups in total. The van der Waals surface area contributed by atoms with Crippen LogP contribution in [0, 0.1) is 24.0 Å². The van der Waals surface area contributed by atoms with Crippen molar-refractivity contribution >= 4 is 22.7 Å². The van der Waals surface area contributed by atoms with E-state index in [0.29, 0.717) is 12.2 Å². The zero-order valence-corrected chi connectivity index (χ0v) is 11.5. The van der Waals surface area contributed by atoms with E-state index < -0.39 is 4.92 Å². The van der Waals surface area contributed by atoms with Crippen LogP contribution in [0.3, 0.4) is 0 Å². The Morgan fingerprint density at radius 1 is 1.37 bits per heavy atom. The lowest BCUT2D eigenvalue weighted by molar-refractivity contribution is -0.384. The molecule has 0 saturated carbocycles. The van der Waals surface area contributed by atoms with Gasteiger partial charge in [0.2, 0.25) is 0 Å². The van der Waals surface area contributed by atoms with E-state index in [4.69, 9.17) is 0 Å². The summed E-state index contributed by atoms with van der Waals surface area (Å²) in [4.78, 5) is 12.8. The van der Waals surface area contributed by atoms with E-state index in [2.05, 4.69) is 11.4 Å². The highest BCUT2D eigenvalue weighted by Gasteiger charge is 2.14. The van der Waals surface area contributed by atoms with Crippen molar-refractivity contribution in [3.63, 3.8) is 0 Å². The molecule has 0 saturated heterocycles. The molecule has 1 aromatic carbocycles. The molecule has 0 aliphatic heterocycles. The van der Waals surface area contributed by atoms with Gasteiger partial charge < -0.3 is 10.4 Å². The maximum atomic E-state index is 10.9. The molecule has 6 heteroatoms. The van der Waals surface area contributed by atoms with Gasteiger partial charge in [0, 0.05) is 16.3 Å². The molecule has 2 aromatic rings. The summed E-state index contributed by atoms with van der Waals surface area (Å²) < 4.78 is 0. The van der Waals surface area contributed by atoms with Crippen molar-refractivity contribution in [1.29, 1.82) is 0 Å². The van der Waals surface area contributed by atoms with Crippen LogP contribution in [0.2, 0.25) is 0 Å². The molecule has 2 rings (SSSR count). The summed E-state index contributed by atoms with van der Waals surface area (Å²) in [6.07, 6.45) is 0. The number of thiophene rings is 1. The molecule has 1 aromatic heterocycles. The Balaban J connectivity index is 2.20. The van der Waals surface area contributed by atoms with Crippen LogP contribution in [0.5, 0.6) is 5.75 Å². The average Bonchev–Trinajstić information content (AvgIpc) is 2.66. The third-order valence-corrected chi connectivity index (χ3v) is 3.80. The Labute approximate surface area is 114 Å². The maximum Gasteiger partial charge on any atom is 0.296 e. The van der Waals surface area contributed by atoms with Gasteiger partial charge in [-0.3, -0.25) is 10.1 Å². The Hall–Kier alpha value is -2.08. The van der Waals surface area contributed by atoms with Gasteiger partial charge in [-0.1, -0.05) is 0 Å². The first kappa shape index (κ1) is 13.4. The van der Waals surface area contributed by atoms with Crippen molar-refractivity contribution in [1.82, 2.24) is 0 Å². The predicted octanol–water partition coefficient (Wildman–Crippen LogP) is 3.59. The zero-order valence-electron chi connectivity index (χ0n) is 10.6. The fourth-order valence-corrected chi connectivity index (χ4v) is 2.82. The number of phenols is 1. The molecule has 0 aliphatic rings. The van der Waals surface area contributed by atoms with Gasteiger partial charge in [0.05, 0.1) is 11.0 Å². The number of aromatic hydroxyl groups is 1. The van der Waals surface area contributed by atoms with Gasteiger partial charge in [-0.05, 0) is 37.6 Å². The van der Waals surface area contributed by atoms with E-state index in [1.165, 1.54) is 21.9 Å². The van der Waals surface area contributed by atoms with Crippen molar-refractivity contribution in [2.45, 2.75) is 20.4 Å². The third-order valence-electron chi connectivity index (χ3n) is 2.79. The van der Waals surface area contributed by atoms with Crippen LogP contribution in [0.1, 0.15) is 15.3 Å². The summed E-state index contributed by atoms with van der Waals surface area (Å²) in [7, 11) is 0. The fourth-order valence-electron chi connectivity index (χ4n) is 1.87. The van der Waals surface area contributed by atoms with E-state index in [-0.39, 0.29) is 11.4 Å². The lowest BCUT2D eigenvalue weighted by Gasteiger charge is -2.07. The minimum absolute atomic E-state index is 0.111. The van der Waals surface area contributed by atoms with Gasteiger partial charge >= 0.3 is 0 Å². The quantitative estimate of drug-likeness (QED) is 0.509. The number of nitro groups is 1. The Bertz CT molecular complexity index is 622. The largest absolute Gasteiger partial charge is 0.508 e. The number of anilines is 1. The number of nitrogens with one attached hydrogen (secondary N) is 1. The molecule has 0 bridgehead atoms. The highest BCUT2D eigenvalue weighted by molar-refractivity contribution is 7.12. The third kappa shape index (κ3) is 3.03. The first-order valence-corrected chi connectivity index (χ1v) is 6.56. The number of hydrogen-bond acceptors (Lipinski definition) is 5. The summed E-state index contributed by atoms with van der Waals surface area (Å²) in [6.45, 7) is 4.59. The maximum absolute atomic E-state index is 10.9. The number of phenolic OH excluding ortho intramolecular Hbond substituents is 1. The standard InChI is InChI=1S/C13H14N2O3S/c1-8-5-10(9(2)19-8)7-14-12-4-3-11(16)6-13(12)15(17)18/h3-6,14,16H,7H2,1-2H3. The van der Waals surface area contributed by atoms with Crippen LogP contribution in [0.25, 0.3) is 0 Å². The molecule has 100 valence electrons. The van der Waals surface area contributed by atoms with Gasteiger partial charge in [0.1, 0.15) is 11.4 Å². The normalized spacial score (nSPS) is 10.4. The van der Waals surface area contributed by atoms with Crippen LogP contribution in [-0.4, -0.2) is 10.0 Å². The number of nitrogens with zero attached hydrogens (tertiary/aromatic N) is 1. The second kappa shape index (κ2) is 5.27. The molecule has 0 spiro atoms. The molecule has 0 unspecified atom stereocenters. The Morgan fingerprint density at radius 3 is 2.68 bits per heavy atom. The zero-order chi connectivity index (χ0) is 14.0. The number of benzene rings is 1. The monoisotopic (exact) mass is 278 g/mol. The second-order valence-electron chi connectivity index (χ2n) is 4.25. The van der Waals surface area contributed by atoms with Gasteiger partial charge in [-0.25, -0.2) is 0 Å². The highest BCUT2D eigenvalue weighted by Crippen LogP contribution is 2.29. The topological polar surface area (TPSA) is 75.4 Å². The van der Waals surface area contributed by atoms with Crippen molar-refractivity contribution in [3.05, 3.63) is 49.7 Å². The van der Waals surface area contributed by atoms with Gasteiger partial charge in [0.15, 0.2) is 0 Å². The van der Waals surface area contributed by atoms with Gasteiger partial charge in [-0.2, -0.15) is 0 Å². The van der Waals surface area contributed by atoms with Crippen LogP contribution in [-0.2, 0) is 6.54 Å². The lowest BCUT2D eigenvalue weighted by atomic mass is 10.2. The second-order valence-corrected chi connectivity index (χ2v) is 5.71. The number of hydrogen-bond donors (Lipinski definition) is 2. The van der Waals surface area contributed by atoms with Crippen LogP contribution in [0.15, 0.2) is 24.3 Å². The van der Waals surface area contributed by atoms with E-state index in [9.17, 15) is 15.2 Å². The van der Waals surface area contributed by atoms with Crippen molar-refractivity contribution in [3.8, 4) is 5.75 Å². The molecule has 1 heterocycles. The van der Waals surface area contributed by atoms with Gasteiger partial charge in [0.25, 0.3) is 5.69 Å². The van der Waals surface area contributed by atoms with Crippen molar-refractivity contribution in [2.24, 2.45) is 0 Å². The number of rotatable bonds is 4. The molecule has 0 aliphatic carbocycles. The molecule has 5 nitrogen and oxygen atoms in total. The molecule has 0 amide bonds. The van der Waals surface area contributed by atoms with Crippen LogP contribution in [0.4, 0.5) is 11.4 Å². The first-order chi connectivity index (χ1) is 8.97. The van der Waals surface area contributed by atoms with E-state index in [1.54, 1.807) is 11.3 Å². The molecule has 19 heavy (non-hydrogen) atoms. The van der Waals surface area contributed by atoms with E-state index in [1.807, 2.05) is 13.8 Å². The van der Waals surface area contributed by atoms with E-state index in [0.717, 1.165) is 11.6 Å². The molecule has 0 fully saturated rings. The lowest BCUT2D eigenvalue weighted by Crippen LogP contribution is -2.02.